The Morgan fingerprint density at radius 1 is 1.71 bits per heavy atom. The lowest BCUT2D eigenvalue weighted by molar-refractivity contribution is -0.267. The third kappa shape index (κ3) is 2.51. The fourth-order valence-corrected chi connectivity index (χ4v) is 1.00. The summed E-state index contributed by atoms with van der Waals surface area (Å²) >= 11 is 0. The molecule has 1 fully saturated rings. The highest BCUT2D eigenvalue weighted by atomic mass is 19.3. The summed E-state index contributed by atoms with van der Waals surface area (Å²) in [4.78, 5) is 10.8. The summed E-state index contributed by atoms with van der Waals surface area (Å²) in [7, 11) is 0. The zero-order chi connectivity index (χ0) is 10.8. The average molecular weight is 206 g/mol. The fraction of sp³-hybridized carbons (Fsp3) is 0.667. The number of hydrogen-bond acceptors (Lipinski definition) is 3. The molecule has 5 heteroatoms. The summed E-state index contributed by atoms with van der Waals surface area (Å²) in [5.74, 6) is -3.33. The SMILES string of the molecule is C=C(C)C(=O)OCCC1OCC1(F)F. The van der Waals surface area contributed by atoms with E-state index in [-0.39, 0.29) is 18.6 Å². The van der Waals surface area contributed by atoms with Crippen LogP contribution >= 0.6 is 0 Å². The first-order chi connectivity index (χ1) is 6.43. The number of ether oxygens (including phenoxy) is 2. The van der Waals surface area contributed by atoms with Gasteiger partial charge in [0, 0.05) is 12.0 Å². The van der Waals surface area contributed by atoms with E-state index in [9.17, 15) is 13.6 Å². The van der Waals surface area contributed by atoms with E-state index in [0.717, 1.165) is 0 Å². The molecule has 0 aromatic heterocycles. The third-order valence-corrected chi connectivity index (χ3v) is 1.91. The van der Waals surface area contributed by atoms with Crippen LogP contribution in [0, 0.1) is 0 Å². The highest BCUT2D eigenvalue weighted by Gasteiger charge is 2.49. The number of halogens is 2. The molecule has 1 aliphatic heterocycles. The van der Waals surface area contributed by atoms with Crippen molar-refractivity contribution in [2.75, 3.05) is 13.2 Å². The molecular weight excluding hydrogens is 194 g/mol. The van der Waals surface area contributed by atoms with E-state index >= 15 is 0 Å². The molecule has 3 nitrogen and oxygen atoms in total. The van der Waals surface area contributed by atoms with Crippen molar-refractivity contribution >= 4 is 5.97 Å². The van der Waals surface area contributed by atoms with Crippen LogP contribution < -0.4 is 0 Å². The molecule has 0 aliphatic carbocycles. The molecular formula is C9H12F2O3. The molecule has 1 aliphatic rings. The summed E-state index contributed by atoms with van der Waals surface area (Å²) in [6.45, 7) is 4.26. The molecule has 1 heterocycles. The molecule has 0 spiro atoms. The number of alkyl halides is 2. The lowest BCUT2D eigenvalue weighted by Gasteiger charge is -2.36. The van der Waals surface area contributed by atoms with E-state index in [1.165, 1.54) is 6.92 Å². The van der Waals surface area contributed by atoms with Gasteiger partial charge in [-0.1, -0.05) is 6.58 Å². The van der Waals surface area contributed by atoms with Crippen molar-refractivity contribution in [3.8, 4) is 0 Å². The van der Waals surface area contributed by atoms with Crippen LogP contribution in [-0.4, -0.2) is 31.2 Å². The van der Waals surface area contributed by atoms with E-state index in [4.69, 9.17) is 0 Å². The molecule has 0 aromatic rings. The second-order valence-electron chi connectivity index (χ2n) is 3.27. The van der Waals surface area contributed by atoms with Gasteiger partial charge < -0.3 is 9.47 Å². The van der Waals surface area contributed by atoms with Crippen LogP contribution in [-0.2, 0) is 14.3 Å². The van der Waals surface area contributed by atoms with Crippen LogP contribution in [0.5, 0.6) is 0 Å². The molecule has 0 aromatic carbocycles. The van der Waals surface area contributed by atoms with E-state index in [1.807, 2.05) is 0 Å². The Bertz CT molecular complexity index is 250. The molecule has 80 valence electrons. The van der Waals surface area contributed by atoms with Crippen molar-refractivity contribution in [2.45, 2.75) is 25.4 Å². The van der Waals surface area contributed by atoms with Crippen LogP contribution in [0.25, 0.3) is 0 Å². The van der Waals surface area contributed by atoms with Gasteiger partial charge in [0.2, 0.25) is 0 Å². The Balaban J connectivity index is 2.16. The number of rotatable bonds is 4. The van der Waals surface area contributed by atoms with Gasteiger partial charge in [-0.25, -0.2) is 13.6 Å². The van der Waals surface area contributed by atoms with E-state index in [0.29, 0.717) is 0 Å². The largest absolute Gasteiger partial charge is 0.462 e. The van der Waals surface area contributed by atoms with Gasteiger partial charge in [0.15, 0.2) is 0 Å². The normalized spacial score (nSPS) is 23.8. The summed E-state index contributed by atoms with van der Waals surface area (Å²) in [5.41, 5.74) is 0.256. The number of esters is 1. The highest BCUT2D eigenvalue weighted by Crippen LogP contribution is 2.33. The molecule has 0 N–H and O–H groups in total. The lowest BCUT2D eigenvalue weighted by atomic mass is 10.1. The van der Waals surface area contributed by atoms with Crippen molar-refractivity contribution in [2.24, 2.45) is 0 Å². The molecule has 0 amide bonds. The molecule has 0 radical (unpaired) electrons. The Morgan fingerprint density at radius 2 is 2.36 bits per heavy atom. The Hall–Kier alpha value is -0.970. The van der Waals surface area contributed by atoms with Gasteiger partial charge in [-0.2, -0.15) is 0 Å². The van der Waals surface area contributed by atoms with E-state index in [1.54, 1.807) is 0 Å². The average Bonchev–Trinajstić information content (AvgIpc) is 2.10. The summed E-state index contributed by atoms with van der Waals surface area (Å²) in [6, 6.07) is 0. The van der Waals surface area contributed by atoms with E-state index < -0.39 is 24.6 Å². The lowest BCUT2D eigenvalue weighted by Crippen LogP contribution is -2.51. The van der Waals surface area contributed by atoms with Gasteiger partial charge in [-0.15, -0.1) is 0 Å². The van der Waals surface area contributed by atoms with Crippen molar-refractivity contribution in [1.29, 1.82) is 0 Å². The van der Waals surface area contributed by atoms with Gasteiger partial charge in [0.25, 0.3) is 5.92 Å². The van der Waals surface area contributed by atoms with Crippen LogP contribution in [0.15, 0.2) is 12.2 Å². The monoisotopic (exact) mass is 206 g/mol. The van der Waals surface area contributed by atoms with E-state index in [2.05, 4.69) is 16.1 Å². The zero-order valence-electron chi connectivity index (χ0n) is 7.89. The summed E-state index contributed by atoms with van der Waals surface area (Å²) in [5, 5.41) is 0. The Labute approximate surface area is 80.7 Å². The number of carbonyl (C=O) groups excluding carboxylic acids is 1. The molecule has 1 unspecified atom stereocenters. The molecule has 1 rings (SSSR count). The molecule has 1 saturated heterocycles. The van der Waals surface area contributed by atoms with Crippen LogP contribution in [0.3, 0.4) is 0 Å². The van der Waals surface area contributed by atoms with Gasteiger partial charge in [0.05, 0.1) is 6.61 Å². The minimum atomic E-state index is -2.77. The van der Waals surface area contributed by atoms with Crippen molar-refractivity contribution in [3.05, 3.63) is 12.2 Å². The van der Waals surface area contributed by atoms with Crippen molar-refractivity contribution in [3.63, 3.8) is 0 Å². The summed E-state index contributed by atoms with van der Waals surface area (Å²) < 4.78 is 34.5. The minimum absolute atomic E-state index is 0.0199. The minimum Gasteiger partial charge on any atom is -0.462 e. The standard InChI is InChI=1S/C9H12F2O3/c1-6(2)8(12)13-4-3-7-9(10,11)5-14-7/h7H,1,3-5H2,2H3. The second-order valence-corrected chi connectivity index (χ2v) is 3.27. The maximum absolute atomic E-state index is 12.6. The van der Waals surface area contributed by atoms with Crippen molar-refractivity contribution < 1.29 is 23.0 Å². The maximum Gasteiger partial charge on any atom is 0.333 e. The van der Waals surface area contributed by atoms with Crippen LogP contribution in [0.2, 0.25) is 0 Å². The highest BCUT2D eigenvalue weighted by molar-refractivity contribution is 5.86. The zero-order valence-corrected chi connectivity index (χ0v) is 7.89. The Morgan fingerprint density at radius 3 is 2.71 bits per heavy atom. The quantitative estimate of drug-likeness (QED) is 0.517. The molecule has 0 saturated carbocycles. The predicted molar refractivity (Wildman–Crippen MR) is 45.1 cm³/mol. The molecule has 0 bridgehead atoms. The van der Waals surface area contributed by atoms with Crippen molar-refractivity contribution in [1.82, 2.24) is 0 Å². The maximum atomic E-state index is 12.6. The van der Waals surface area contributed by atoms with Gasteiger partial charge in [-0.3, -0.25) is 0 Å². The van der Waals surface area contributed by atoms with Crippen LogP contribution in [0.4, 0.5) is 8.78 Å². The fourth-order valence-electron chi connectivity index (χ4n) is 1.00. The first kappa shape index (κ1) is 11.1. The summed E-state index contributed by atoms with van der Waals surface area (Å²) in [6.07, 6.45) is -1.09. The smallest absolute Gasteiger partial charge is 0.333 e. The number of carbonyl (C=O) groups is 1. The van der Waals surface area contributed by atoms with Gasteiger partial charge >= 0.3 is 5.97 Å². The Kier molecular flexibility index (Phi) is 3.21. The molecule has 1 atom stereocenters. The predicted octanol–water partition coefficient (Wildman–Crippen LogP) is 1.53. The second kappa shape index (κ2) is 4.04. The first-order valence-electron chi connectivity index (χ1n) is 4.25. The topological polar surface area (TPSA) is 35.5 Å². The number of hydrogen-bond donors (Lipinski definition) is 0. The molecule has 14 heavy (non-hydrogen) atoms. The van der Waals surface area contributed by atoms with Crippen LogP contribution in [0.1, 0.15) is 13.3 Å². The third-order valence-electron chi connectivity index (χ3n) is 1.91. The van der Waals surface area contributed by atoms with Gasteiger partial charge in [0.1, 0.15) is 12.7 Å². The van der Waals surface area contributed by atoms with Gasteiger partial charge in [-0.05, 0) is 6.92 Å². The first-order valence-corrected chi connectivity index (χ1v) is 4.25.